The zero-order valence-corrected chi connectivity index (χ0v) is 10.5. The molecule has 0 bridgehead atoms. The van der Waals surface area contributed by atoms with Gasteiger partial charge in [-0.3, -0.25) is 4.79 Å². The molecule has 0 aromatic heterocycles. The van der Waals surface area contributed by atoms with Crippen LogP contribution in [-0.4, -0.2) is 11.9 Å². The van der Waals surface area contributed by atoms with Crippen LogP contribution in [0.5, 0.6) is 0 Å². The fourth-order valence-electron chi connectivity index (χ4n) is 1.17. The van der Waals surface area contributed by atoms with Crippen LogP contribution < -0.4 is 11.1 Å². The number of benzene rings is 1. The summed E-state index contributed by atoms with van der Waals surface area (Å²) < 4.78 is 0. The van der Waals surface area contributed by atoms with Crippen LogP contribution in [0.1, 0.15) is 20.8 Å². The van der Waals surface area contributed by atoms with Crippen molar-refractivity contribution in [2.75, 3.05) is 5.32 Å². The molecule has 1 atom stereocenters. The van der Waals surface area contributed by atoms with Gasteiger partial charge in [-0.2, -0.15) is 0 Å². The second-order valence-electron chi connectivity index (χ2n) is 4.81. The number of hydrogen-bond acceptors (Lipinski definition) is 2. The van der Waals surface area contributed by atoms with Gasteiger partial charge in [0.05, 0.1) is 16.8 Å². The molecule has 0 unspecified atom stereocenters. The van der Waals surface area contributed by atoms with Crippen LogP contribution in [0, 0.1) is 5.41 Å². The number of hydrogen-bond donors (Lipinski definition) is 2. The van der Waals surface area contributed by atoms with Crippen LogP contribution in [0.3, 0.4) is 0 Å². The molecule has 88 valence electrons. The first-order chi connectivity index (χ1) is 7.32. The number of nitrogens with two attached hydrogens (primary N) is 1. The molecule has 1 rings (SSSR count). The molecule has 0 aliphatic heterocycles. The number of anilines is 1. The van der Waals surface area contributed by atoms with Crippen LogP contribution in [0.15, 0.2) is 24.3 Å². The summed E-state index contributed by atoms with van der Waals surface area (Å²) in [4.78, 5) is 11.8. The van der Waals surface area contributed by atoms with Crippen molar-refractivity contribution < 1.29 is 4.79 Å². The Morgan fingerprint density at radius 2 is 1.94 bits per heavy atom. The third-order valence-corrected chi connectivity index (χ3v) is 2.68. The first kappa shape index (κ1) is 13.0. The zero-order valence-electron chi connectivity index (χ0n) is 9.75. The summed E-state index contributed by atoms with van der Waals surface area (Å²) in [6, 6.07) is 6.52. The lowest BCUT2D eigenvalue weighted by atomic mass is 9.87. The zero-order chi connectivity index (χ0) is 12.3. The van der Waals surface area contributed by atoms with E-state index >= 15 is 0 Å². The molecule has 3 nitrogen and oxygen atoms in total. The van der Waals surface area contributed by atoms with Crippen LogP contribution in [0.25, 0.3) is 0 Å². The van der Waals surface area contributed by atoms with Gasteiger partial charge in [0.1, 0.15) is 0 Å². The van der Waals surface area contributed by atoms with E-state index in [0.717, 1.165) is 0 Å². The van der Waals surface area contributed by atoms with Crippen LogP contribution >= 0.6 is 11.6 Å². The molecule has 16 heavy (non-hydrogen) atoms. The number of rotatable bonds is 2. The minimum Gasteiger partial charge on any atom is -0.323 e. The molecule has 0 radical (unpaired) electrons. The maximum atomic E-state index is 11.8. The van der Waals surface area contributed by atoms with Crippen molar-refractivity contribution in [1.29, 1.82) is 0 Å². The third kappa shape index (κ3) is 3.22. The molecule has 0 saturated carbocycles. The van der Waals surface area contributed by atoms with Gasteiger partial charge in [0.2, 0.25) is 5.91 Å². The van der Waals surface area contributed by atoms with Gasteiger partial charge < -0.3 is 11.1 Å². The molecule has 1 aromatic carbocycles. The molecule has 0 aliphatic carbocycles. The van der Waals surface area contributed by atoms with Crippen molar-refractivity contribution in [2.45, 2.75) is 26.8 Å². The lowest BCUT2D eigenvalue weighted by Crippen LogP contribution is -2.45. The molecule has 0 fully saturated rings. The standard InChI is InChI=1S/C12H17ClN2O/c1-12(2,3)10(14)11(16)15-9-7-5-4-6-8(9)13/h4-7,10H,14H2,1-3H3,(H,15,16)/t10-/m0/s1. The van der Waals surface area contributed by atoms with Crippen molar-refractivity contribution in [3.05, 3.63) is 29.3 Å². The van der Waals surface area contributed by atoms with E-state index in [1.165, 1.54) is 0 Å². The summed E-state index contributed by atoms with van der Waals surface area (Å²) in [7, 11) is 0. The lowest BCUT2D eigenvalue weighted by molar-refractivity contribution is -0.119. The fraction of sp³-hybridized carbons (Fsp3) is 0.417. The summed E-state index contributed by atoms with van der Waals surface area (Å²) in [5.74, 6) is -0.222. The largest absolute Gasteiger partial charge is 0.323 e. The van der Waals surface area contributed by atoms with Gasteiger partial charge in [0.15, 0.2) is 0 Å². The van der Waals surface area contributed by atoms with Gasteiger partial charge >= 0.3 is 0 Å². The van der Waals surface area contributed by atoms with Gasteiger partial charge in [0, 0.05) is 0 Å². The van der Waals surface area contributed by atoms with Gasteiger partial charge in [-0.25, -0.2) is 0 Å². The Morgan fingerprint density at radius 1 is 1.38 bits per heavy atom. The fourth-order valence-corrected chi connectivity index (χ4v) is 1.35. The predicted molar refractivity (Wildman–Crippen MR) is 67.5 cm³/mol. The van der Waals surface area contributed by atoms with E-state index in [2.05, 4.69) is 5.32 Å². The predicted octanol–water partition coefficient (Wildman–Crippen LogP) is 2.65. The highest BCUT2D eigenvalue weighted by Crippen LogP contribution is 2.23. The van der Waals surface area contributed by atoms with E-state index < -0.39 is 6.04 Å². The smallest absolute Gasteiger partial charge is 0.241 e. The van der Waals surface area contributed by atoms with Crippen molar-refractivity contribution in [3.63, 3.8) is 0 Å². The van der Waals surface area contributed by atoms with Gasteiger partial charge in [-0.05, 0) is 17.5 Å². The highest BCUT2D eigenvalue weighted by Gasteiger charge is 2.27. The molecule has 1 aromatic rings. The number of carbonyl (C=O) groups is 1. The SMILES string of the molecule is CC(C)(C)[C@@H](N)C(=O)Nc1ccccc1Cl. The normalized spacial score (nSPS) is 13.3. The van der Waals surface area contributed by atoms with E-state index in [1.54, 1.807) is 12.1 Å². The van der Waals surface area contributed by atoms with E-state index in [0.29, 0.717) is 10.7 Å². The summed E-state index contributed by atoms with van der Waals surface area (Å²) in [5, 5.41) is 3.23. The highest BCUT2D eigenvalue weighted by atomic mass is 35.5. The molecule has 0 aliphatic rings. The molecule has 0 saturated heterocycles. The van der Waals surface area contributed by atoms with Gasteiger partial charge in [-0.1, -0.05) is 44.5 Å². The summed E-state index contributed by atoms with van der Waals surface area (Å²) in [5.41, 5.74) is 6.16. The second-order valence-corrected chi connectivity index (χ2v) is 5.22. The molecule has 4 heteroatoms. The second kappa shape index (κ2) is 4.85. The van der Waals surface area contributed by atoms with Crippen molar-refractivity contribution in [2.24, 2.45) is 11.1 Å². The maximum Gasteiger partial charge on any atom is 0.241 e. The Hall–Kier alpha value is -1.06. The first-order valence-electron chi connectivity index (χ1n) is 5.13. The summed E-state index contributed by atoms with van der Waals surface area (Å²) in [6.07, 6.45) is 0. The minimum absolute atomic E-state index is 0.222. The van der Waals surface area contributed by atoms with E-state index in [4.69, 9.17) is 17.3 Å². The monoisotopic (exact) mass is 240 g/mol. The van der Waals surface area contributed by atoms with E-state index in [-0.39, 0.29) is 11.3 Å². The number of amides is 1. The lowest BCUT2D eigenvalue weighted by Gasteiger charge is -2.25. The average Bonchev–Trinajstić information content (AvgIpc) is 2.19. The maximum absolute atomic E-state index is 11.8. The van der Waals surface area contributed by atoms with Gasteiger partial charge in [-0.15, -0.1) is 0 Å². The summed E-state index contributed by atoms with van der Waals surface area (Å²) >= 11 is 5.93. The Kier molecular flexibility index (Phi) is 3.94. The van der Waals surface area contributed by atoms with E-state index in [9.17, 15) is 4.79 Å². The molecular formula is C12H17ClN2O. The summed E-state index contributed by atoms with van der Waals surface area (Å²) in [6.45, 7) is 5.76. The topological polar surface area (TPSA) is 55.1 Å². The Morgan fingerprint density at radius 3 is 2.44 bits per heavy atom. The van der Waals surface area contributed by atoms with Crippen LogP contribution in [0.2, 0.25) is 5.02 Å². The number of carbonyl (C=O) groups excluding carboxylic acids is 1. The highest BCUT2D eigenvalue weighted by molar-refractivity contribution is 6.33. The Balaban J connectivity index is 2.76. The quantitative estimate of drug-likeness (QED) is 0.835. The number of halogens is 1. The number of para-hydroxylation sites is 1. The average molecular weight is 241 g/mol. The Bertz CT molecular complexity index is 385. The van der Waals surface area contributed by atoms with Crippen LogP contribution in [-0.2, 0) is 4.79 Å². The first-order valence-corrected chi connectivity index (χ1v) is 5.51. The van der Waals surface area contributed by atoms with Crippen molar-refractivity contribution >= 4 is 23.2 Å². The molecule has 0 spiro atoms. The number of nitrogens with one attached hydrogen (secondary N) is 1. The van der Waals surface area contributed by atoms with Crippen LogP contribution in [0.4, 0.5) is 5.69 Å². The molecular weight excluding hydrogens is 224 g/mol. The molecule has 3 N–H and O–H groups in total. The van der Waals surface area contributed by atoms with Crippen molar-refractivity contribution in [1.82, 2.24) is 0 Å². The molecule has 1 amide bonds. The van der Waals surface area contributed by atoms with Crippen molar-refractivity contribution in [3.8, 4) is 0 Å². The molecule has 0 heterocycles. The Labute approximate surface area is 101 Å². The third-order valence-electron chi connectivity index (χ3n) is 2.35. The minimum atomic E-state index is -0.566. The van der Waals surface area contributed by atoms with Gasteiger partial charge in [0.25, 0.3) is 0 Å². The van der Waals surface area contributed by atoms with E-state index in [1.807, 2.05) is 32.9 Å².